The van der Waals surface area contributed by atoms with Crippen LogP contribution in [0.3, 0.4) is 0 Å². The van der Waals surface area contributed by atoms with Crippen molar-refractivity contribution in [3.8, 4) is 0 Å². The summed E-state index contributed by atoms with van der Waals surface area (Å²) in [4.78, 5) is 14.6. The Bertz CT molecular complexity index is 345. The maximum atomic E-state index is 12.1. The molecule has 2 saturated heterocycles. The van der Waals surface area contributed by atoms with Crippen LogP contribution < -0.4 is 11.1 Å². The summed E-state index contributed by atoms with van der Waals surface area (Å²) >= 11 is 0. The third kappa shape index (κ3) is 2.43. The third-order valence-corrected chi connectivity index (χ3v) is 4.13. The number of nitrogens with zero attached hydrogens (tertiary/aromatic N) is 2. The summed E-state index contributed by atoms with van der Waals surface area (Å²) in [6.45, 7) is 4.07. The van der Waals surface area contributed by atoms with E-state index in [4.69, 9.17) is 10.9 Å². The predicted molar refractivity (Wildman–Crippen MR) is 68.3 cm³/mol. The van der Waals surface area contributed by atoms with Crippen molar-refractivity contribution in [2.75, 3.05) is 13.1 Å². The smallest absolute Gasteiger partial charge is 0.231 e. The van der Waals surface area contributed by atoms with Gasteiger partial charge in [-0.25, -0.2) is 0 Å². The molecular formula is C12H22N4O2. The standard InChI is InChI=1S/C12H22N4O2/c1-2-8(11(13)15-18)12(17)14-9-5-7-16-6-3-4-10(9)16/h8-10,18H,2-7H2,1H3,(H2,13,15)(H,14,17). The summed E-state index contributed by atoms with van der Waals surface area (Å²) in [5, 5.41) is 14.7. The van der Waals surface area contributed by atoms with E-state index in [2.05, 4.69) is 15.4 Å². The number of fused-ring (bicyclic) bond motifs is 1. The molecule has 2 heterocycles. The maximum absolute atomic E-state index is 12.1. The van der Waals surface area contributed by atoms with Gasteiger partial charge in [0.25, 0.3) is 0 Å². The first-order valence-electron chi connectivity index (χ1n) is 6.69. The van der Waals surface area contributed by atoms with Crippen LogP contribution in [0.1, 0.15) is 32.6 Å². The molecule has 2 aliphatic heterocycles. The van der Waals surface area contributed by atoms with Crippen LogP contribution >= 0.6 is 0 Å². The van der Waals surface area contributed by atoms with Gasteiger partial charge in [0, 0.05) is 18.6 Å². The molecule has 2 fully saturated rings. The number of rotatable bonds is 4. The van der Waals surface area contributed by atoms with Crippen molar-refractivity contribution in [3.05, 3.63) is 0 Å². The van der Waals surface area contributed by atoms with Crippen LogP contribution in [-0.4, -0.2) is 47.0 Å². The highest BCUT2D eigenvalue weighted by Crippen LogP contribution is 2.28. The van der Waals surface area contributed by atoms with Crippen molar-refractivity contribution in [3.63, 3.8) is 0 Å². The second-order valence-electron chi connectivity index (χ2n) is 5.14. The molecule has 0 aromatic carbocycles. The van der Waals surface area contributed by atoms with E-state index in [1.54, 1.807) is 0 Å². The molecule has 0 bridgehead atoms. The highest BCUT2D eigenvalue weighted by molar-refractivity contribution is 6.02. The van der Waals surface area contributed by atoms with Crippen molar-refractivity contribution in [1.29, 1.82) is 0 Å². The van der Waals surface area contributed by atoms with Crippen LogP contribution in [0.2, 0.25) is 0 Å². The minimum absolute atomic E-state index is 0.00345. The van der Waals surface area contributed by atoms with E-state index in [9.17, 15) is 4.79 Å². The molecule has 0 saturated carbocycles. The molecule has 1 amide bonds. The van der Waals surface area contributed by atoms with Gasteiger partial charge in [-0.3, -0.25) is 9.69 Å². The number of nitrogens with two attached hydrogens (primary N) is 1. The summed E-state index contributed by atoms with van der Waals surface area (Å²) in [7, 11) is 0. The largest absolute Gasteiger partial charge is 0.409 e. The van der Waals surface area contributed by atoms with E-state index < -0.39 is 5.92 Å². The fourth-order valence-electron chi connectivity index (χ4n) is 3.13. The van der Waals surface area contributed by atoms with Gasteiger partial charge in [0.1, 0.15) is 0 Å². The molecule has 0 radical (unpaired) electrons. The van der Waals surface area contributed by atoms with Gasteiger partial charge in [-0.1, -0.05) is 12.1 Å². The highest BCUT2D eigenvalue weighted by atomic mass is 16.4. The molecule has 0 aliphatic carbocycles. The Morgan fingerprint density at radius 2 is 2.33 bits per heavy atom. The quantitative estimate of drug-likeness (QED) is 0.287. The fraction of sp³-hybridized carbons (Fsp3) is 0.833. The zero-order chi connectivity index (χ0) is 13.1. The minimum atomic E-state index is -0.523. The number of hydrogen-bond acceptors (Lipinski definition) is 4. The first kappa shape index (κ1) is 13.1. The number of oxime groups is 1. The summed E-state index contributed by atoms with van der Waals surface area (Å²) in [6, 6.07) is 0.708. The molecule has 2 rings (SSSR count). The predicted octanol–water partition coefficient (Wildman–Crippen LogP) is 0.112. The van der Waals surface area contributed by atoms with Crippen molar-refractivity contribution >= 4 is 11.7 Å². The van der Waals surface area contributed by atoms with Gasteiger partial charge in [-0.2, -0.15) is 0 Å². The lowest BCUT2D eigenvalue weighted by Gasteiger charge is -2.23. The summed E-state index contributed by atoms with van der Waals surface area (Å²) in [6.07, 6.45) is 3.92. The number of amides is 1. The summed E-state index contributed by atoms with van der Waals surface area (Å²) in [5.74, 6) is -0.645. The van der Waals surface area contributed by atoms with Gasteiger partial charge in [-0.15, -0.1) is 0 Å². The molecule has 102 valence electrons. The van der Waals surface area contributed by atoms with Crippen molar-refractivity contribution in [2.45, 2.75) is 44.7 Å². The minimum Gasteiger partial charge on any atom is -0.409 e. The van der Waals surface area contributed by atoms with E-state index in [0.29, 0.717) is 12.5 Å². The molecule has 3 unspecified atom stereocenters. The van der Waals surface area contributed by atoms with E-state index in [1.165, 1.54) is 6.42 Å². The second-order valence-corrected chi connectivity index (χ2v) is 5.14. The Labute approximate surface area is 107 Å². The van der Waals surface area contributed by atoms with Gasteiger partial charge in [0.2, 0.25) is 5.91 Å². The molecular weight excluding hydrogens is 232 g/mol. The lowest BCUT2D eigenvalue weighted by Crippen LogP contribution is -2.47. The van der Waals surface area contributed by atoms with Crippen molar-refractivity contribution in [1.82, 2.24) is 10.2 Å². The molecule has 3 atom stereocenters. The third-order valence-electron chi connectivity index (χ3n) is 4.13. The first-order valence-corrected chi connectivity index (χ1v) is 6.69. The SMILES string of the molecule is CCC(C(=O)NC1CCN2CCCC12)C(N)=NO. The fourth-order valence-corrected chi connectivity index (χ4v) is 3.13. The van der Waals surface area contributed by atoms with Crippen molar-refractivity contribution in [2.24, 2.45) is 16.8 Å². The number of amidine groups is 1. The van der Waals surface area contributed by atoms with Crippen LogP contribution in [0, 0.1) is 5.92 Å². The van der Waals surface area contributed by atoms with Crippen LogP contribution in [0.4, 0.5) is 0 Å². The van der Waals surface area contributed by atoms with E-state index >= 15 is 0 Å². The number of hydrogen-bond donors (Lipinski definition) is 3. The maximum Gasteiger partial charge on any atom is 0.231 e. The van der Waals surface area contributed by atoms with Crippen LogP contribution in [-0.2, 0) is 4.79 Å². The Morgan fingerprint density at radius 3 is 3.00 bits per heavy atom. The van der Waals surface area contributed by atoms with Crippen LogP contribution in [0.15, 0.2) is 5.16 Å². The zero-order valence-electron chi connectivity index (χ0n) is 10.8. The average molecular weight is 254 g/mol. The Hall–Kier alpha value is -1.30. The molecule has 0 aromatic rings. The number of carbonyl (C=O) groups is 1. The van der Waals surface area contributed by atoms with Crippen LogP contribution in [0.5, 0.6) is 0 Å². The zero-order valence-corrected chi connectivity index (χ0v) is 10.8. The molecule has 6 nitrogen and oxygen atoms in total. The lowest BCUT2D eigenvalue weighted by atomic mass is 10.0. The molecule has 4 N–H and O–H groups in total. The normalized spacial score (nSPS) is 30.2. The van der Waals surface area contributed by atoms with Gasteiger partial charge in [-0.05, 0) is 32.2 Å². The molecule has 6 heteroatoms. The summed E-state index contributed by atoms with van der Waals surface area (Å²) in [5.41, 5.74) is 5.54. The topological polar surface area (TPSA) is 91.0 Å². The number of carbonyl (C=O) groups excluding carboxylic acids is 1. The van der Waals surface area contributed by atoms with Gasteiger partial charge in [0.15, 0.2) is 5.84 Å². The van der Waals surface area contributed by atoms with E-state index in [-0.39, 0.29) is 17.8 Å². The van der Waals surface area contributed by atoms with Gasteiger partial charge < -0.3 is 16.3 Å². The lowest BCUT2D eigenvalue weighted by molar-refractivity contribution is -0.124. The Morgan fingerprint density at radius 1 is 1.56 bits per heavy atom. The average Bonchev–Trinajstić information content (AvgIpc) is 2.94. The van der Waals surface area contributed by atoms with E-state index in [1.807, 2.05) is 6.92 Å². The second kappa shape index (κ2) is 5.56. The van der Waals surface area contributed by atoms with Crippen molar-refractivity contribution < 1.29 is 10.0 Å². The molecule has 18 heavy (non-hydrogen) atoms. The monoisotopic (exact) mass is 254 g/mol. The molecule has 0 spiro atoms. The molecule has 0 aromatic heterocycles. The van der Waals surface area contributed by atoms with Crippen LogP contribution in [0.25, 0.3) is 0 Å². The number of nitrogens with one attached hydrogen (secondary N) is 1. The molecule has 2 aliphatic rings. The Kier molecular flexibility index (Phi) is 4.06. The summed E-state index contributed by atoms with van der Waals surface area (Å²) < 4.78 is 0. The Balaban J connectivity index is 1.94. The highest BCUT2D eigenvalue weighted by Gasteiger charge is 2.38. The van der Waals surface area contributed by atoms with Gasteiger partial charge in [0.05, 0.1) is 5.92 Å². The first-order chi connectivity index (χ1) is 8.67. The van der Waals surface area contributed by atoms with Gasteiger partial charge >= 0.3 is 0 Å². The van der Waals surface area contributed by atoms with E-state index in [0.717, 1.165) is 25.9 Å².